The number of likely N-dealkylation sites (tertiary alicyclic amines) is 1. The van der Waals surface area contributed by atoms with E-state index in [1.807, 2.05) is 23.1 Å². The van der Waals surface area contributed by atoms with E-state index >= 15 is 0 Å². The molecule has 1 aromatic carbocycles. The second kappa shape index (κ2) is 9.68. The van der Waals surface area contributed by atoms with Gasteiger partial charge < -0.3 is 14.2 Å². The molecule has 1 aliphatic rings. The Balaban J connectivity index is 1.48. The molecule has 3 rings (SSSR count). The number of amides is 1. The number of carbonyl (C=O) groups excluding carboxylic acids is 2. The van der Waals surface area contributed by atoms with Crippen LogP contribution in [0.5, 0.6) is 0 Å². The molecule has 1 aliphatic heterocycles. The van der Waals surface area contributed by atoms with Gasteiger partial charge in [0, 0.05) is 37.4 Å². The first-order valence-corrected chi connectivity index (χ1v) is 9.98. The molecule has 0 radical (unpaired) electrons. The van der Waals surface area contributed by atoms with Gasteiger partial charge in [0.05, 0.1) is 11.6 Å². The van der Waals surface area contributed by atoms with Crippen LogP contribution in [0.25, 0.3) is 11.4 Å². The molecule has 0 aliphatic carbocycles. The maximum absolute atomic E-state index is 12.3. The summed E-state index contributed by atoms with van der Waals surface area (Å²) in [6.45, 7) is 3.43. The van der Waals surface area contributed by atoms with Gasteiger partial charge in [-0.2, -0.15) is 4.98 Å². The first-order chi connectivity index (χ1) is 13.6. The second-order valence-corrected chi connectivity index (χ2v) is 7.16. The molecule has 0 N–H and O–H groups in total. The molecule has 1 amide bonds. The van der Waals surface area contributed by atoms with Crippen LogP contribution >= 0.6 is 11.6 Å². The van der Waals surface area contributed by atoms with Crippen molar-refractivity contribution in [3.8, 4) is 11.4 Å². The molecular weight excluding hydrogens is 382 g/mol. The number of hydrogen-bond donors (Lipinski definition) is 0. The highest BCUT2D eigenvalue weighted by Gasteiger charge is 2.27. The third-order valence-electron chi connectivity index (χ3n) is 4.83. The minimum Gasteiger partial charge on any atom is -0.466 e. The van der Waals surface area contributed by atoms with E-state index in [1.54, 1.807) is 13.0 Å². The van der Waals surface area contributed by atoms with Crippen molar-refractivity contribution in [2.75, 3.05) is 19.7 Å². The van der Waals surface area contributed by atoms with Gasteiger partial charge >= 0.3 is 5.97 Å². The molecule has 0 saturated carbocycles. The van der Waals surface area contributed by atoms with Gasteiger partial charge in [-0.05, 0) is 38.3 Å². The summed E-state index contributed by atoms with van der Waals surface area (Å²) in [7, 11) is 0. The molecule has 1 fully saturated rings. The van der Waals surface area contributed by atoms with E-state index in [9.17, 15) is 9.59 Å². The van der Waals surface area contributed by atoms with Gasteiger partial charge in [-0.15, -0.1) is 0 Å². The van der Waals surface area contributed by atoms with Crippen LogP contribution in [0, 0.1) is 0 Å². The normalized spacial score (nSPS) is 14.9. The van der Waals surface area contributed by atoms with Gasteiger partial charge in [-0.25, -0.2) is 0 Å². The summed E-state index contributed by atoms with van der Waals surface area (Å²) in [5.41, 5.74) is 0.744. The Bertz CT molecular complexity index is 815. The summed E-state index contributed by atoms with van der Waals surface area (Å²) in [5, 5.41) is 4.64. The number of nitrogens with zero attached hydrogens (tertiary/aromatic N) is 3. The minimum absolute atomic E-state index is 0.0741. The highest BCUT2D eigenvalue weighted by Crippen LogP contribution is 2.30. The number of hydrogen-bond acceptors (Lipinski definition) is 6. The van der Waals surface area contributed by atoms with Crippen LogP contribution in [-0.2, 0) is 14.3 Å². The van der Waals surface area contributed by atoms with Crippen LogP contribution in [0.3, 0.4) is 0 Å². The summed E-state index contributed by atoms with van der Waals surface area (Å²) in [6, 6.07) is 7.38. The average molecular weight is 406 g/mol. The first kappa shape index (κ1) is 20.3. The lowest BCUT2D eigenvalue weighted by atomic mass is 9.96. The lowest BCUT2D eigenvalue weighted by Gasteiger charge is -2.30. The first-order valence-electron chi connectivity index (χ1n) is 9.60. The average Bonchev–Trinajstić information content (AvgIpc) is 3.18. The van der Waals surface area contributed by atoms with E-state index in [2.05, 4.69) is 10.1 Å². The fourth-order valence-corrected chi connectivity index (χ4v) is 3.52. The Labute approximate surface area is 169 Å². The van der Waals surface area contributed by atoms with E-state index in [4.69, 9.17) is 20.9 Å². The highest BCUT2D eigenvalue weighted by molar-refractivity contribution is 6.33. The monoisotopic (exact) mass is 405 g/mol. The largest absolute Gasteiger partial charge is 0.466 e. The number of carbonyl (C=O) groups is 2. The molecule has 28 heavy (non-hydrogen) atoms. The molecule has 0 unspecified atom stereocenters. The lowest BCUT2D eigenvalue weighted by Crippen LogP contribution is -2.37. The summed E-state index contributed by atoms with van der Waals surface area (Å²) in [6.07, 6.45) is 2.70. The van der Waals surface area contributed by atoms with Crippen molar-refractivity contribution in [3.05, 3.63) is 35.2 Å². The zero-order valence-electron chi connectivity index (χ0n) is 15.9. The molecule has 1 aromatic heterocycles. The predicted molar refractivity (Wildman–Crippen MR) is 104 cm³/mol. The zero-order valence-corrected chi connectivity index (χ0v) is 16.7. The number of piperidine rings is 1. The molecule has 0 spiro atoms. The predicted octanol–water partition coefficient (Wildman–Crippen LogP) is 3.83. The topological polar surface area (TPSA) is 85.5 Å². The van der Waals surface area contributed by atoms with Gasteiger partial charge in [-0.3, -0.25) is 9.59 Å². The van der Waals surface area contributed by atoms with Gasteiger partial charge in [0.25, 0.3) is 0 Å². The fourth-order valence-electron chi connectivity index (χ4n) is 3.30. The second-order valence-electron chi connectivity index (χ2n) is 6.75. The fraction of sp³-hybridized carbons (Fsp3) is 0.500. The van der Waals surface area contributed by atoms with Gasteiger partial charge in [-0.1, -0.05) is 28.9 Å². The Morgan fingerprint density at radius 1 is 1.25 bits per heavy atom. The quantitative estimate of drug-likeness (QED) is 0.651. The maximum atomic E-state index is 12.3. The number of halogens is 1. The van der Waals surface area contributed by atoms with Crippen LogP contribution in [0.2, 0.25) is 5.02 Å². The summed E-state index contributed by atoms with van der Waals surface area (Å²) in [4.78, 5) is 30.0. The van der Waals surface area contributed by atoms with E-state index in [-0.39, 0.29) is 24.2 Å². The third-order valence-corrected chi connectivity index (χ3v) is 5.16. The molecule has 2 heterocycles. The molecule has 2 aromatic rings. The standard InChI is InChI=1S/C20H24ClN3O4/c1-2-27-18(26)9-5-8-17(25)24-12-10-14(11-13-24)20-22-19(23-28-20)15-6-3-4-7-16(15)21/h3-4,6-7,14H,2,5,8-13H2,1H3. The smallest absolute Gasteiger partial charge is 0.305 e. The van der Waals surface area contributed by atoms with Crippen LogP contribution in [0.15, 0.2) is 28.8 Å². The summed E-state index contributed by atoms with van der Waals surface area (Å²) >= 11 is 6.19. The number of ether oxygens (including phenoxy) is 1. The minimum atomic E-state index is -0.250. The van der Waals surface area contributed by atoms with Crippen LogP contribution in [0.1, 0.15) is 50.8 Å². The molecular formula is C20H24ClN3O4. The van der Waals surface area contributed by atoms with E-state index in [0.29, 0.717) is 49.3 Å². The third kappa shape index (κ3) is 5.10. The van der Waals surface area contributed by atoms with E-state index in [0.717, 1.165) is 18.4 Å². The van der Waals surface area contributed by atoms with Crippen molar-refractivity contribution in [2.24, 2.45) is 0 Å². The Morgan fingerprint density at radius 2 is 2.00 bits per heavy atom. The van der Waals surface area contributed by atoms with Crippen molar-refractivity contribution in [2.45, 2.75) is 44.9 Å². The highest BCUT2D eigenvalue weighted by atomic mass is 35.5. The summed E-state index contributed by atoms with van der Waals surface area (Å²) < 4.78 is 10.3. The van der Waals surface area contributed by atoms with Gasteiger partial charge in [0.2, 0.25) is 17.6 Å². The number of benzene rings is 1. The Hall–Kier alpha value is -2.41. The van der Waals surface area contributed by atoms with E-state index < -0.39 is 0 Å². The number of aromatic nitrogens is 2. The van der Waals surface area contributed by atoms with Gasteiger partial charge in [0.15, 0.2) is 0 Å². The molecule has 7 nitrogen and oxygen atoms in total. The van der Waals surface area contributed by atoms with Crippen molar-refractivity contribution in [1.82, 2.24) is 15.0 Å². The van der Waals surface area contributed by atoms with E-state index in [1.165, 1.54) is 0 Å². The zero-order chi connectivity index (χ0) is 19.9. The molecule has 0 atom stereocenters. The number of rotatable bonds is 7. The molecule has 8 heteroatoms. The van der Waals surface area contributed by atoms with Crippen LogP contribution in [-0.4, -0.2) is 46.6 Å². The lowest BCUT2D eigenvalue weighted by molar-refractivity contribution is -0.143. The van der Waals surface area contributed by atoms with Crippen molar-refractivity contribution in [3.63, 3.8) is 0 Å². The molecule has 1 saturated heterocycles. The SMILES string of the molecule is CCOC(=O)CCCC(=O)N1CCC(c2nc(-c3ccccc3Cl)no2)CC1. The molecule has 150 valence electrons. The van der Waals surface area contributed by atoms with Crippen molar-refractivity contribution in [1.29, 1.82) is 0 Å². The van der Waals surface area contributed by atoms with Crippen molar-refractivity contribution >= 4 is 23.5 Å². The Kier molecular flexibility index (Phi) is 7.03. The van der Waals surface area contributed by atoms with Crippen LogP contribution in [0.4, 0.5) is 0 Å². The van der Waals surface area contributed by atoms with Crippen molar-refractivity contribution < 1.29 is 18.8 Å². The summed E-state index contributed by atoms with van der Waals surface area (Å²) in [5.74, 6) is 1.03. The maximum Gasteiger partial charge on any atom is 0.305 e. The number of esters is 1. The van der Waals surface area contributed by atoms with Gasteiger partial charge in [0.1, 0.15) is 0 Å². The van der Waals surface area contributed by atoms with Crippen LogP contribution < -0.4 is 0 Å². The Morgan fingerprint density at radius 3 is 2.71 bits per heavy atom. The molecule has 0 bridgehead atoms.